The molecule has 0 bridgehead atoms. The van der Waals surface area contributed by atoms with Gasteiger partial charge in [0.05, 0.1) is 19.8 Å². The number of benzene rings is 2. The summed E-state index contributed by atoms with van der Waals surface area (Å²) in [5.74, 6) is 1.22. The lowest BCUT2D eigenvalue weighted by atomic mass is 9.98. The number of carbonyl (C=O) groups excluding carboxylic acids is 1. The van der Waals surface area contributed by atoms with Gasteiger partial charge in [0.2, 0.25) is 0 Å². The number of amides is 1. The van der Waals surface area contributed by atoms with Gasteiger partial charge in [-0.2, -0.15) is 0 Å². The van der Waals surface area contributed by atoms with Gasteiger partial charge >= 0.3 is 0 Å². The maximum absolute atomic E-state index is 12.7. The van der Waals surface area contributed by atoms with Crippen molar-refractivity contribution < 1.29 is 19.4 Å². The van der Waals surface area contributed by atoms with Gasteiger partial charge in [0.1, 0.15) is 5.75 Å². The van der Waals surface area contributed by atoms with Gasteiger partial charge in [-0.15, -0.1) is 0 Å². The van der Waals surface area contributed by atoms with E-state index in [0.717, 1.165) is 23.1 Å². The molecule has 126 valence electrons. The molecule has 0 radical (unpaired) electrons. The zero-order chi connectivity index (χ0) is 17.3. The van der Waals surface area contributed by atoms with Crippen LogP contribution in [0.15, 0.2) is 30.3 Å². The van der Waals surface area contributed by atoms with Crippen LogP contribution >= 0.6 is 0 Å². The Bertz CT molecular complexity index is 785. The van der Waals surface area contributed by atoms with Gasteiger partial charge in [-0.25, -0.2) is 0 Å². The molecule has 1 amide bonds. The summed E-state index contributed by atoms with van der Waals surface area (Å²) < 4.78 is 10.7. The number of fused-ring (bicyclic) bond motifs is 1. The molecular weight excluding hydrogens is 306 g/mol. The summed E-state index contributed by atoms with van der Waals surface area (Å²) in [6.07, 6.45) is 0.744. The van der Waals surface area contributed by atoms with Gasteiger partial charge in [0, 0.05) is 13.1 Å². The normalized spacial score (nSPS) is 13.4. The van der Waals surface area contributed by atoms with Crippen LogP contribution in [-0.4, -0.2) is 36.7 Å². The number of aryl methyl sites for hydroxylation is 1. The Labute approximate surface area is 141 Å². The van der Waals surface area contributed by atoms with E-state index in [4.69, 9.17) is 9.47 Å². The van der Waals surface area contributed by atoms with E-state index >= 15 is 0 Å². The smallest absolute Gasteiger partial charge is 0.257 e. The molecule has 0 unspecified atom stereocenters. The van der Waals surface area contributed by atoms with Crippen LogP contribution in [0.3, 0.4) is 0 Å². The minimum Gasteiger partial charge on any atom is -0.507 e. The van der Waals surface area contributed by atoms with E-state index in [2.05, 4.69) is 0 Å². The van der Waals surface area contributed by atoms with Crippen molar-refractivity contribution in [1.29, 1.82) is 0 Å². The van der Waals surface area contributed by atoms with Crippen LogP contribution in [0, 0.1) is 6.92 Å². The lowest BCUT2D eigenvalue weighted by Gasteiger charge is -2.30. The third kappa shape index (κ3) is 2.89. The predicted octanol–water partition coefficient (Wildman–Crippen LogP) is 2.92. The van der Waals surface area contributed by atoms with Crippen LogP contribution in [0.1, 0.15) is 27.0 Å². The third-order valence-corrected chi connectivity index (χ3v) is 4.39. The van der Waals surface area contributed by atoms with Gasteiger partial charge in [0.15, 0.2) is 11.5 Å². The first-order chi connectivity index (χ1) is 11.5. The minimum absolute atomic E-state index is 0.0260. The number of aromatic hydroxyl groups is 1. The van der Waals surface area contributed by atoms with E-state index in [1.54, 1.807) is 31.3 Å². The second-order valence-electron chi connectivity index (χ2n) is 5.97. The van der Waals surface area contributed by atoms with Crippen molar-refractivity contribution in [2.24, 2.45) is 0 Å². The highest BCUT2D eigenvalue weighted by Gasteiger charge is 2.25. The molecule has 0 fully saturated rings. The number of phenols is 1. The number of nitrogens with zero attached hydrogens (tertiary/aromatic N) is 1. The third-order valence-electron chi connectivity index (χ3n) is 4.39. The Morgan fingerprint density at radius 2 is 1.75 bits per heavy atom. The summed E-state index contributed by atoms with van der Waals surface area (Å²) in [6.45, 7) is 2.97. The average Bonchev–Trinajstić information content (AvgIpc) is 2.59. The molecule has 0 aliphatic carbocycles. The van der Waals surface area contributed by atoms with E-state index in [1.807, 2.05) is 25.1 Å². The number of hydrogen-bond donors (Lipinski definition) is 1. The number of phenolic OH excluding ortho intramolecular Hbond substituents is 1. The fourth-order valence-corrected chi connectivity index (χ4v) is 3.05. The Morgan fingerprint density at radius 1 is 1.08 bits per heavy atom. The van der Waals surface area contributed by atoms with Crippen LogP contribution in [0.5, 0.6) is 17.2 Å². The molecule has 0 aromatic heterocycles. The molecule has 1 N–H and O–H groups in total. The minimum atomic E-state index is -0.159. The monoisotopic (exact) mass is 327 g/mol. The standard InChI is InChI=1S/C19H21NO4/c1-12-4-5-15(16(21)8-12)19(22)20-7-6-13-9-17(23-2)18(24-3)10-14(13)11-20/h4-5,8-10,21H,6-7,11H2,1-3H3. The van der Waals surface area contributed by atoms with Crippen LogP contribution in [0.4, 0.5) is 0 Å². The number of carbonyl (C=O) groups is 1. The maximum Gasteiger partial charge on any atom is 0.257 e. The van der Waals surface area contributed by atoms with Crippen molar-refractivity contribution in [3.63, 3.8) is 0 Å². The Kier molecular flexibility index (Phi) is 4.34. The Morgan fingerprint density at radius 3 is 2.38 bits per heavy atom. The lowest BCUT2D eigenvalue weighted by molar-refractivity contribution is 0.0731. The van der Waals surface area contributed by atoms with Gasteiger partial charge in [-0.05, 0) is 54.3 Å². The zero-order valence-corrected chi connectivity index (χ0v) is 14.1. The molecule has 5 heteroatoms. The number of ether oxygens (including phenoxy) is 2. The molecule has 0 atom stereocenters. The fraction of sp³-hybridized carbons (Fsp3) is 0.316. The average molecular weight is 327 g/mol. The van der Waals surface area contributed by atoms with Crippen molar-refractivity contribution in [3.8, 4) is 17.2 Å². The van der Waals surface area contributed by atoms with Gasteiger partial charge in [-0.3, -0.25) is 4.79 Å². The van der Waals surface area contributed by atoms with Gasteiger partial charge in [0.25, 0.3) is 5.91 Å². The molecule has 0 spiro atoms. The first kappa shape index (κ1) is 16.2. The molecule has 2 aromatic rings. The van der Waals surface area contributed by atoms with Crippen molar-refractivity contribution >= 4 is 5.91 Å². The first-order valence-corrected chi connectivity index (χ1v) is 7.86. The molecule has 1 aliphatic heterocycles. The Balaban J connectivity index is 1.88. The van der Waals surface area contributed by atoms with E-state index < -0.39 is 0 Å². The van der Waals surface area contributed by atoms with Crippen LogP contribution < -0.4 is 9.47 Å². The van der Waals surface area contributed by atoms with Crippen LogP contribution in [0.25, 0.3) is 0 Å². The van der Waals surface area contributed by atoms with Gasteiger partial charge < -0.3 is 19.5 Å². The molecule has 1 aliphatic rings. The van der Waals surface area contributed by atoms with Crippen molar-refractivity contribution in [1.82, 2.24) is 4.90 Å². The van der Waals surface area contributed by atoms with Crippen molar-refractivity contribution in [3.05, 3.63) is 52.6 Å². The topological polar surface area (TPSA) is 59.0 Å². The van der Waals surface area contributed by atoms with Crippen molar-refractivity contribution in [2.75, 3.05) is 20.8 Å². The van der Waals surface area contributed by atoms with E-state index in [-0.39, 0.29) is 11.7 Å². The maximum atomic E-state index is 12.7. The molecular formula is C19H21NO4. The second-order valence-corrected chi connectivity index (χ2v) is 5.97. The molecule has 24 heavy (non-hydrogen) atoms. The number of rotatable bonds is 3. The molecule has 2 aromatic carbocycles. The number of methoxy groups -OCH3 is 2. The number of hydrogen-bond acceptors (Lipinski definition) is 4. The molecule has 1 heterocycles. The van der Waals surface area contributed by atoms with E-state index in [9.17, 15) is 9.90 Å². The summed E-state index contributed by atoms with van der Waals surface area (Å²) >= 11 is 0. The first-order valence-electron chi connectivity index (χ1n) is 7.86. The van der Waals surface area contributed by atoms with E-state index in [1.165, 1.54) is 0 Å². The van der Waals surface area contributed by atoms with Crippen LogP contribution in [-0.2, 0) is 13.0 Å². The summed E-state index contributed by atoms with van der Waals surface area (Å²) in [7, 11) is 3.21. The second kappa shape index (κ2) is 6.43. The fourth-order valence-electron chi connectivity index (χ4n) is 3.05. The molecule has 0 saturated heterocycles. The van der Waals surface area contributed by atoms with Gasteiger partial charge in [-0.1, -0.05) is 6.07 Å². The predicted molar refractivity (Wildman–Crippen MR) is 90.8 cm³/mol. The highest BCUT2D eigenvalue weighted by atomic mass is 16.5. The molecule has 0 saturated carbocycles. The largest absolute Gasteiger partial charge is 0.507 e. The zero-order valence-electron chi connectivity index (χ0n) is 14.1. The lowest BCUT2D eigenvalue weighted by Crippen LogP contribution is -2.36. The van der Waals surface area contributed by atoms with Crippen LogP contribution in [0.2, 0.25) is 0 Å². The molecule has 5 nitrogen and oxygen atoms in total. The summed E-state index contributed by atoms with van der Waals surface area (Å²) in [6, 6.07) is 9.01. The quantitative estimate of drug-likeness (QED) is 0.942. The molecule has 3 rings (SSSR count). The highest BCUT2D eigenvalue weighted by Crippen LogP contribution is 2.34. The van der Waals surface area contributed by atoms with E-state index in [0.29, 0.717) is 30.2 Å². The van der Waals surface area contributed by atoms with Crippen molar-refractivity contribution in [2.45, 2.75) is 19.9 Å². The Hall–Kier alpha value is -2.69. The SMILES string of the molecule is COc1cc2c(cc1OC)CN(C(=O)c1ccc(C)cc1O)CC2. The summed E-state index contributed by atoms with van der Waals surface area (Å²) in [5, 5.41) is 10.1. The highest BCUT2D eigenvalue weighted by molar-refractivity contribution is 5.97. The summed E-state index contributed by atoms with van der Waals surface area (Å²) in [4.78, 5) is 14.5. The summed E-state index contributed by atoms with van der Waals surface area (Å²) in [5.41, 5.74) is 3.46.